The van der Waals surface area contributed by atoms with Gasteiger partial charge in [0.2, 0.25) is 5.91 Å². The van der Waals surface area contributed by atoms with Gasteiger partial charge in [-0.1, -0.05) is 24.3 Å². The molecule has 0 radical (unpaired) electrons. The van der Waals surface area contributed by atoms with Crippen LogP contribution in [-0.2, 0) is 17.8 Å². The number of amides is 1. The first kappa shape index (κ1) is 21.8. The van der Waals surface area contributed by atoms with Crippen molar-refractivity contribution in [2.24, 2.45) is 0 Å². The van der Waals surface area contributed by atoms with Gasteiger partial charge in [-0.05, 0) is 52.4 Å². The summed E-state index contributed by atoms with van der Waals surface area (Å²) < 4.78 is 5.30. The molecule has 0 N–H and O–H groups in total. The van der Waals surface area contributed by atoms with Crippen LogP contribution >= 0.6 is 11.3 Å². The van der Waals surface area contributed by atoms with Gasteiger partial charge in [0.15, 0.2) is 0 Å². The topological polar surface area (TPSA) is 36.0 Å². The van der Waals surface area contributed by atoms with E-state index in [1.807, 2.05) is 35.4 Å². The lowest BCUT2D eigenvalue weighted by atomic mass is 10.1. The number of piperazine rings is 1. The Kier molecular flexibility index (Phi) is 7.22. The lowest BCUT2D eigenvalue weighted by molar-refractivity contribution is -0.132. The van der Waals surface area contributed by atoms with Crippen LogP contribution in [0.25, 0.3) is 10.8 Å². The summed E-state index contributed by atoms with van der Waals surface area (Å²) in [5, 5.41) is 4.46. The first-order valence-electron chi connectivity index (χ1n) is 10.9. The number of rotatable bonds is 8. The van der Waals surface area contributed by atoms with Gasteiger partial charge in [0.25, 0.3) is 0 Å². The molecule has 0 spiro atoms. The van der Waals surface area contributed by atoms with Gasteiger partial charge in [0.1, 0.15) is 5.75 Å². The third-order valence-corrected chi connectivity index (χ3v) is 6.97. The minimum Gasteiger partial charge on any atom is -0.497 e. The van der Waals surface area contributed by atoms with Crippen molar-refractivity contribution in [3.05, 3.63) is 64.4 Å². The summed E-state index contributed by atoms with van der Waals surface area (Å²) in [4.78, 5) is 20.9. The maximum Gasteiger partial charge on any atom is 0.236 e. The molecule has 6 heteroatoms. The van der Waals surface area contributed by atoms with Crippen LogP contribution in [0.3, 0.4) is 0 Å². The quantitative estimate of drug-likeness (QED) is 0.538. The van der Waals surface area contributed by atoms with Crippen LogP contribution in [0, 0.1) is 0 Å². The van der Waals surface area contributed by atoms with E-state index in [0.717, 1.165) is 61.2 Å². The normalized spacial score (nSPS) is 15.3. The highest BCUT2D eigenvalue weighted by Gasteiger charge is 2.20. The van der Waals surface area contributed by atoms with Crippen LogP contribution in [-0.4, -0.2) is 74.0 Å². The van der Waals surface area contributed by atoms with E-state index in [1.54, 1.807) is 7.11 Å². The average molecular weight is 438 g/mol. The van der Waals surface area contributed by atoms with Crippen molar-refractivity contribution in [1.29, 1.82) is 0 Å². The number of carbonyl (C=O) groups is 1. The minimum absolute atomic E-state index is 0.182. The van der Waals surface area contributed by atoms with E-state index >= 15 is 0 Å². The standard InChI is InChI=1S/C25H31N3O2S/c1-26(18-20-5-6-22-17-23(30-2)8-7-21(22)16-20)25(29)19-28-13-11-27(12-14-28)10-9-24-4-3-15-31-24/h3-8,15-17H,9-14,18-19H2,1-2H3. The van der Waals surface area contributed by atoms with Gasteiger partial charge in [-0.25, -0.2) is 0 Å². The van der Waals surface area contributed by atoms with Crippen molar-refractivity contribution >= 4 is 28.0 Å². The summed E-state index contributed by atoms with van der Waals surface area (Å²) in [6, 6.07) is 16.8. The van der Waals surface area contributed by atoms with Crippen molar-refractivity contribution < 1.29 is 9.53 Å². The molecule has 0 saturated carbocycles. The van der Waals surface area contributed by atoms with Gasteiger partial charge >= 0.3 is 0 Å². The summed E-state index contributed by atoms with van der Waals surface area (Å²) in [6.45, 7) is 6.23. The summed E-state index contributed by atoms with van der Waals surface area (Å²) in [5.74, 6) is 1.04. The Labute approximate surface area is 188 Å². The number of carbonyl (C=O) groups excluding carboxylic acids is 1. The number of benzene rings is 2. The third kappa shape index (κ3) is 5.85. The van der Waals surface area contributed by atoms with Gasteiger partial charge in [-0.15, -0.1) is 11.3 Å². The zero-order valence-electron chi connectivity index (χ0n) is 18.4. The molecule has 3 aromatic rings. The molecule has 0 unspecified atom stereocenters. The van der Waals surface area contributed by atoms with Crippen molar-refractivity contribution in [3.63, 3.8) is 0 Å². The number of likely N-dealkylation sites (N-methyl/N-ethyl adjacent to an activating group) is 1. The van der Waals surface area contributed by atoms with Crippen LogP contribution < -0.4 is 4.74 Å². The molecule has 0 atom stereocenters. The second-order valence-corrected chi connectivity index (χ2v) is 9.28. The van der Waals surface area contributed by atoms with Crippen LogP contribution in [0.5, 0.6) is 5.75 Å². The molecule has 1 amide bonds. The second-order valence-electron chi connectivity index (χ2n) is 8.24. The minimum atomic E-state index is 0.182. The number of hydrogen-bond donors (Lipinski definition) is 0. The van der Waals surface area contributed by atoms with E-state index in [0.29, 0.717) is 13.1 Å². The highest BCUT2D eigenvalue weighted by Crippen LogP contribution is 2.22. The molecule has 1 fully saturated rings. The fraction of sp³-hybridized carbons (Fsp3) is 0.400. The summed E-state index contributed by atoms with van der Waals surface area (Å²) in [6.07, 6.45) is 1.12. The van der Waals surface area contributed by atoms with Gasteiger partial charge in [0, 0.05) is 51.2 Å². The molecule has 164 valence electrons. The number of ether oxygens (including phenoxy) is 1. The van der Waals surface area contributed by atoms with Crippen LogP contribution in [0.1, 0.15) is 10.4 Å². The van der Waals surface area contributed by atoms with Gasteiger partial charge in [0.05, 0.1) is 13.7 Å². The van der Waals surface area contributed by atoms with Gasteiger partial charge in [-0.2, -0.15) is 0 Å². The predicted octanol–water partition coefficient (Wildman–Crippen LogP) is 3.73. The summed E-state index contributed by atoms with van der Waals surface area (Å²) >= 11 is 1.83. The Morgan fingerprint density at radius 3 is 2.52 bits per heavy atom. The van der Waals surface area contributed by atoms with E-state index in [2.05, 4.69) is 51.6 Å². The van der Waals surface area contributed by atoms with Crippen LogP contribution in [0.4, 0.5) is 0 Å². The lowest BCUT2D eigenvalue weighted by Gasteiger charge is -2.35. The molecule has 4 rings (SSSR count). The molecular weight excluding hydrogens is 406 g/mol. The molecule has 2 heterocycles. The highest BCUT2D eigenvalue weighted by molar-refractivity contribution is 7.09. The molecule has 1 aliphatic heterocycles. The maximum atomic E-state index is 12.8. The van der Waals surface area contributed by atoms with E-state index in [4.69, 9.17) is 4.74 Å². The Morgan fingerprint density at radius 1 is 1.03 bits per heavy atom. The number of thiophene rings is 1. The largest absolute Gasteiger partial charge is 0.497 e. The Bertz CT molecular complexity index is 997. The van der Waals surface area contributed by atoms with Crippen molar-refractivity contribution in [1.82, 2.24) is 14.7 Å². The second kappa shape index (κ2) is 10.3. The molecule has 0 bridgehead atoms. The predicted molar refractivity (Wildman–Crippen MR) is 128 cm³/mol. The number of hydrogen-bond acceptors (Lipinski definition) is 5. The average Bonchev–Trinajstić information content (AvgIpc) is 3.32. The summed E-state index contributed by atoms with van der Waals surface area (Å²) in [7, 11) is 3.58. The smallest absolute Gasteiger partial charge is 0.236 e. The zero-order valence-corrected chi connectivity index (χ0v) is 19.2. The molecular formula is C25H31N3O2S. The molecule has 1 aliphatic rings. The third-order valence-electron chi connectivity index (χ3n) is 6.04. The van der Waals surface area contributed by atoms with Gasteiger partial charge < -0.3 is 14.5 Å². The van der Waals surface area contributed by atoms with E-state index < -0.39 is 0 Å². The molecule has 1 aromatic heterocycles. The molecule has 1 saturated heterocycles. The van der Waals surface area contributed by atoms with Crippen LogP contribution in [0.15, 0.2) is 53.9 Å². The van der Waals surface area contributed by atoms with E-state index in [1.165, 1.54) is 4.88 Å². The number of methoxy groups -OCH3 is 1. The monoisotopic (exact) mass is 437 g/mol. The van der Waals surface area contributed by atoms with Crippen LogP contribution in [0.2, 0.25) is 0 Å². The summed E-state index contributed by atoms with van der Waals surface area (Å²) in [5.41, 5.74) is 1.15. The van der Waals surface area contributed by atoms with Crippen molar-refractivity contribution in [3.8, 4) is 5.75 Å². The zero-order chi connectivity index (χ0) is 21.6. The molecule has 31 heavy (non-hydrogen) atoms. The maximum absolute atomic E-state index is 12.8. The first-order valence-corrected chi connectivity index (χ1v) is 11.8. The van der Waals surface area contributed by atoms with Crippen molar-refractivity contribution in [2.45, 2.75) is 13.0 Å². The Balaban J connectivity index is 1.24. The van der Waals surface area contributed by atoms with Crippen molar-refractivity contribution in [2.75, 3.05) is 53.4 Å². The SMILES string of the molecule is COc1ccc2cc(CN(C)C(=O)CN3CCN(CCc4cccs4)CC3)ccc2c1. The molecule has 0 aliphatic carbocycles. The Hall–Kier alpha value is -2.41. The van der Waals surface area contributed by atoms with E-state index in [9.17, 15) is 4.79 Å². The first-order chi connectivity index (χ1) is 15.1. The fourth-order valence-electron chi connectivity index (χ4n) is 4.07. The number of fused-ring (bicyclic) bond motifs is 1. The Morgan fingerprint density at radius 2 is 1.77 bits per heavy atom. The fourth-order valence-corrected chi connectivity index (χ4v) is 4.76. The highest BCUT2D eigenvalue weighted by atomic mass is 32.1. The van der Waals surface area contributed by atoms with E-state index in [-0.39, 0.29) is 5.91 Å². The molecule has 2 aromatic carbocycles. The number of nitrogens with zero attached hydrogens (tertiary/aromatic N) is 3. The van der Waals surface area contributed by atoms with Gasteiger partial charge in [-0.3, -0.25) is 9.69 Å². The lowest BCUT2D eigenvalue weighted by Crippen LogP contribution is -2.49. The molecule has 5 nitrogen and oxygen atoms in total.